The second kappa shape index (κ2) is 7.89. The molecule has 0 unspecified atom stereocenters. The lowest BCUT2D eigenvalue weighted by atomic mass is 10.1. The third-order valence-corrected chi connectivity index (χ3v) is 4.11. The quantitative estimate of drug-likeness (QED) is 0.796. The van der Waals surface area contributed by atoms with Gasteiger partial charge in [0.15, 0.2) is 11.3 Å². The van der Waals surface area contributed by atoms with E-state index in [1.54, 1.807) is 39.0 Å². The Morgan fingerprint density at radius 2 is 2.04 bits per heavy atom. The van der Waals surface area contributed by atoms with Crippen LogP contribution in [0.4, 0.5) is 0 Å². The molecule has 134 valence electrons. The molecule has 8 heteroatoms. The number of carbonyl (C=O) groups is 1. The summed E-state index contributed by atoms with van der Waals surface area (Å²) in [6.07, 6.45) is 0. The maximum absolute atomic E-state index is 12.6. The van der Waals surface area contributed by atoms with E-state index in [9.17, 15) is 14.7 Å². The van der Waals surface area contributed by atoms with Crippen LogP contribution in [-0.4, -0.2) is 27.5 Å². The van der Waals surface area contributed by atoms with Crippen molar-refractivity contribution in [3.05, 3.63) is 55.4 Å². The zero-order valence-electron chi connectivity index (χ0n) is 14.0. The maximum Gasteiger partial charge on any atom is 0.347 e. The summed E-state index contributed by atoms with van der Waals surface area (Å²) in [7, 11) is 0. The van der Waals surface area contributed by atoms with Crippen molar-refractivity contribution < 1.29 is 14.6 Å². The molecular formula is C17H18Cl2N2O4. The van der Waals surface area contributed by atoms with Crippen LogP contribution in [0.5, 0.6) is 5.75 Å². The van der Waals surface area contributed by atoms with Gasteiger partial charge in [-0.25, -0.2) is 9.48 Å². The number of hydrogen-bond donors (Lipinski definition) is 1. The summed E-state index contributed by atoms with van der Waals surface area (Å²) >= 11 is 12.1. The van der Waals surface area contributed by atoms with Crippen molar-refractivity contribution in [2.24, 2.45) is 0 Å². The highest BCUT2D eigenvalue weighted by Crippen LogP contribution is 2.26. The zero-order valence-corrected chi connectivity index (χ0v) is 15.6. The Morgan fingerprint density at radius 3 is 2.64 bits per heavy atom. The fraction of sp³-hybridized carbons (Fsp3) is 0.353. The van der Waals surface area contributed by atoms with Gasteiger partial charge < -0.3 is 9.84 Å². The minimum atomic E-state index is -0.889. The Kier molecular flexibility index (Phi) is 6.08. The van der Waals surface area contributed by atoms with Gasteiger partial charge in [-0.15, -0.1) is 0 Å². The first-order valence-corrected chi connectivity index (χ1v) is 8.46. The molecule has 0 aliphatic carbocycles. The molecule has 0 aliphatic heterocycles. The molecule has 0 saturated carbocycles. The smallest absolute Gasteiger partial charge is 0.347 e. The van der Waals surface area contributed by atoms with Crippen LogP contribution in [0.15, 0.2) is 23.0 Å². The normalized spacial score (nSPS) is 11.0. The van der Waals surface area contributed by atoms with E-state index < -0.39 is 22.8 Å². The number of rotatable bonds is 5. The number of benzene rings is 1. The SMILES string of the molecule is CCOC(=O)c1c(O)c(C(C)C)nn(Cc2cc(Cl)ccc2Cl)c1=O. The Bertz CT molecular complexity index is 862. The number of carbonyl (C=O) groups excluding carboxylic acids is 1. The fourth-order valence-corrected chi connectivity index (χ4v) is 2.66. The second-order valence-corrected chi connectivity index (χ2v) is 6.53. The van der Waals surface area contributed by atoms with Crippen LogP contribution in [0, 0.1) is 0 Å². The molecule has 6 nitrogen and oxygen atoms in total. The Labute approximate surface area is 154 Å². The maximum atomic E-state index is 12.6. The van der Waals surface area contributed by atoms with Gasteiger partial charge in [-0.1, -0.05) is 37.0 Å². The summed E-state index contributed by atoms with van der Waals surface area (Å²) in [4.78, 5) is 24.8. The van der Waals surface area contributed by atoms with Crippen molar-refractivity contribution in [1.82, 2.24) is 9.78 Å². The van der Waals surface area contributed by atoms with Gasteiger partial charge in [0.2, 0.25) is 0 Å². The molecule has 0 saturated heterocycles. The average molecular weight is 385 g/mol. The predicted molar refractivity (Wildman–Crippen MR) is 95.8 cm³/mol. The molecule has 2 aromatic rings. The zero-order chi connectivity index (χ0) is 18.7. The van der Waals surface area contributed by atoms with Crippen LogP contribution >= 0.6 is 23.2 Å². The Morgan fingerprint density at radius 1 is 1.36 bits per heavy atom. The van der Waals surface area contributed by atoms with Crippen molar-refractivity contribution in [1.29, 1.82) is 0 Å². The number of ether oxygens (including phenoxy) is 1. The highest BCUT2D eigenvalue weighted by Gasteiger charge is 2.25. The van der Waals surface area contributed by atoms with E-state index in [4.69, 9.17) is 27.9 Å². The molecule has 0 spiro atoms. The molecule has 0 amide bonds. The third-order valence-electron chi connectivity index (χ3n) is 3.51. The van der Waals surface area contributed by atoms with E-state index in [2.05, 4.69) is 5.10 Å². The minimum Gasteiger partial charge on any atom is -0.505 e. The molecule has 2 rings (SSSR count). The molecule has 0 aliphatic rings. The molecule has 0 radical (unpaired) electrons. The standard InChI is InChI=1S/C17H18Cl2N2O4/c1-4-25-17(24)13-15(22)14(9(2)3)20-21(16(13)23)8-10-7-11(18)5-6-12(10)19/h5-7,9,22H,4,8H2,1-3H3. The second-order valence-electron chi connectivity index (χ2n) is 5.68. The summed E-state index contributed by atoms with van der Waals surface area (Å²) in [6.45, 7) is 5.28. The number of esters is 1. The predicted octanol–water partition coefficient (Wildman–Crippen LogP) is 3.60. The van der Waals surface area contributed by atoms with Crippen LogP contribution in [0.3, 0.4) is 0 Å². The molecule has 1 aromatic carbocycles. The molecule has 0 atom stereocenters. The van der Waals surface area contributed by atoms with E-state index in [1.165, 1.54) is 0 Å². The summed E-state index contributed by atoms with van der Waals surface area (Å²) in [5, 5.41) is 15.4. The number of hydrogen-bond acceptors (Lipinski definition) is 5. The number of aromatic hydroxyl groups is 1. The lowest BCUT2D eigenvalue weighted by Gasteiger charge is -2.15. The molecule has 0 bridgehead atoms. The largest absolute Gasteiger partial charge is 0.505 e. The molecule has 1 heterocycles. The van der Waals surface area contributed by atoms with Crippen LogP contribution < -0.4 is 5.56 Å². The van der Waals surface area contributed by atoms with Gasteiger partial charge in [0.05, 0.1) is 13.2 Å². The van der Waals surface area contributed by atoms with Crippen molar-refractivity contribution in [2.75, 3.05) is 6.61 Å². The van der Waals surface area contributed by atoms with Gasteiger partial charge >= 0.3 is 5.97 Å². The van der Waals surface area contributed by atoms with Gasteiger partial charge in [0.1, 0.15) is 5.69 Å². The molecular weight excluding hydrogens is 367 g/mol. The highest BCUT2D eigenvalue weighted by molar-refractivity contribution is 6.33. The molecule has 1 N–H and O–H groups in total. The van der Waals surface area contributed by atoms with Crippen LogP contribution in [0.25, 0.3) is 0 Å². The fourth-order valence-electron chi connectivity index (χ4n) is 2.29. The first-order chi connectivity index (χ1) is 11.8. The van der Waals surface area contributed by atoms with Crippen molar-refractivity contribution >= 4 is 29.2 Å². The van der Waals surface area contributed by atoms with Crippen LogP contribution in [0.1, 0.15) is 48.3 Å². The van der Waals surface area contributed by atoms with Crippen molar-refractivity contribution in [2.45, 2.75) is 33.2 Å². The highest BCUT2D eigenvalue weighted by atomic mass is 35.5. The summed E-state index contributed by atoms with van der Waals surface area (Å²) in [5.41, 5.74) is -0.394. The van der Waals surface area contributed by atoms with E-state index in [0.717, 1.165) is 4.68 Å². The molecule has 0 fully saturated rings. The molecule has 1 aromatic heterocycles. The third kappa shape index (κ3) is 4.14. The van der Waals surface area contributed by atoms with Gasteiger partial charge in [0, 0.05) is 16.0 Å². The summed E-state index contributed by atoms with van der Waals surface area (Å²) < 4.78 is 5.97. The molecule has 25 heavy (non-hydrogen) atoms. The van der Waals surface area contributed by atoms with Gasteiger partial charge in [-0.3, -0.25) is 4.79 Å². The van der Waals surface area contributed by atoms with Crippen LogP contribution in [-0.2, 0) is 11.3 Å². The first kappa shape index (κ1) is 19.3. The van der Waals surface area contributed by atoms with E-state index in [1.807, 2.05) is 0 Å². The van der Waals surface area contributed by atoms with Gasteiger partial charge in [-0.2, -0.15) is 5.10 Å². The lowest BCUT2D eigenvalue weighted by molar-refractivity contribution is 0.0519. The topological polar surface area (TPSA) is 81.4 Å². The van der Waals surface area contributed by atoms with E-state index >= 15 is 0 Å². The van der Waals surface area contributed by atoms with E-state index in [0.29, 0.717) is 15.6 Å². The van der Waals surface area contributed by atoms with Crippen LogP contribution in [0.2, 0.25) is 10.0 Å². The minimum absolute atomic E-state index is 0.00459. The number of nitrogens with zero attached hydrogens (tertiary/aromatic N) is 2. The van der Waals surface area contributed by atoms with E-state index in [-0.39, 0.29) is 24.8 Å². The Hall–Kier alpha value is -2.05. The average Bonchev–Trinajstić information content (AvgIpc) is 2.53. The number of halogens is 2. The van der Waals surface area contributed by atoms with Gasteiger partial charge in [-0.05, 0) is 30.7 Å². The number of aromatic nitrogens is 2. The Balaban J connectivity index is 2.63. The summed E-state index contributed by atoms with van der Waals surface area (Å²) in [5.74, 6) is -1.55. The summed E-state index contributed by atoms with van der Waals surface area (Å²) in [6, 6.07) is 4.86. The van der Waals surface area contributed by atoms with Crippen molar-refractivity contribution in [3.63, 3.8) is 0 Å². The lowest BCUT2D eigenvalue weighted by Crippen LogP contribution is -2.31. The first-order valence-electron chi connectivity index (χ1n) is 7.71. The van der Waals surface area contributed by atoms with Gasteiger partial charge in [0.25, 0.3) is 5.56 Å². The monoisotopic (exact) mass is 384 g/mol. The van der Waals surface area contributed by atoms with Crippen molar-refractivity contribution in [3.8, 4) is 5.75 Å².